The first-order valence-corrected chi connectivity index (χ1v) is 9.27. The van der Waals surface area contributed by atoms with Crippen LogP contribution in [0.25, 0.3) is 12.2 Å². The van der Waals surface area contributed by atoms with E-state index < -0.39 is 0 Å². The molecule has 0 spiro atoms. The molecular formula is C21H19FO3S. The van der Waals surface area contributed by atoms with E-state index in [1.807, 2.05) is 24.3 Å². The third kappa shape index (κ3) is 4.17. The molecule has 134 valence electrons. The zero-order chi connectivity index (χ0) is 18.5. The fraction of sp³-hybridized carbons (Fsp3) is 0.190. The van der Waals surface area contributed by atoms with Crippen LogP contribution in [0.1, 0.15) is 11.1 Å². The molecule has 0 radical (unpaired) electrons. The van der Waals surface area contributed by atoms with Crippen LogP contribution in [0.5, 0.6) is 11.5 Å². The summed E-state index contributed by atoms with van der Waals surface area (Å²) in [7, 11) is 3.16. The molecule has 5 heteroatoms. The molecule has 1 heterocycles. The van der Waals surface area contributed by atoms with E-state index in [0.29, 0.717) is 34.1 Å². The topological polar surface area (TPSA) is 35.5 Å². The van der Waals surface area contributed by atoms with Crippen molar-refractivity contribution in [3.8, 4) is 11.5 Å². The van der Waals surface area contributed by atoms with Gasteiger partial charge in [0.1, 0.15) is 5.82 Å². The summed E-state index contributed by atoms with van der Waals surface area (Å²) in [6, 6.07) is 11.8. The van der Waals surface area contributed by atoms with Gasteiger partial charge in [-0.1, -0.05) is 18.2 Å². The predicted octanol–water partition coefficient (Wildman–Crippen LogP) is 4.63. The fourth-order valence-electron chi connectivity index (χ4n) is 2.76. The molecule has 3 nitrogen and oxygen atoms in total. The smallest absolute Gasteiger partial charge is 0.186 e. The number of thioether (sulfide) groups is 1. The lowest BCUT2D eigenvalue weighted by molar-refractivity contribution is -0.112. The summed E-state index contributed by atoms with van der Waals surface area (Å²) in [4.78, 5) is 12.8. The van der Waals surface area contributed by atoms with Gasteiger partial charge in [-0.25, -0.2) is 4.39 Å². The standard InChI is InChI=1S/C21H19FO3S/c1-24-19-7-6-15(11-20(19)25-2)9-17-13-26-12-16(21(17)23)8-14-4-3-5-18(22)10-14/h3-11H,12-13H2,1-2H3/b16-8+,17-9+. The van der Waals surface area contributed by atoms with E-state index in [1.165, 1.54) is 12.1 Å². The third-order valence-corrected chi connectivity index (χ3v) is 5.07. The first-order chi connectivity index (χ1) is 12.6. The number of rotatable bonds is 4. The van der Waals surface area contributed by atoms with E-state index in [0.717, 1.165) is 11.1 Å². The Morgan fingerprint density at radius 3 is 2.19 bits per heavy atom. The second-order valence-corrected chi connectivity index (χ2v) is 6.82. The van der Waals surface area contributed by atoms with E-state index in [9.17, 15) is 9.18 Å². The molecule has 0 saturated carbocycles. The molecule has 0 bridgehead atoms. The Balaban J connectivity index is 1.89. The molecule has 1 fully saturated rings. The molecule has 0 aromatic heterocycles. The van der Waals surface area contributed by atoms with Crippen molar-refractivity contribution in [2.45, 2.75) is 0 Å². The number of halogens is 1. The number of methoxy groups -OCH3 is 2. The molecule has 3 rings (SSSR count). The molecule has 0 amide bonds. The van der Waals surface area contributed by atoms with E-state index in [-0.39, 0.29) is 11.6 Å². The van der Waals surface area contributed by atoms with Gasteiger partial charge in [0, 0.05) is 22.7 Å². The van der Waals surface area contributed by atoms with Crippen molar-refractivity contribution in [1.29, 1.82) is 0 Å². The number of benzene rings is 2. The molecule has 0 aliphatic carbocycles. The van der Waals surface area contributed by atoms with E-state index in [1.54, 1.807) is 44.2 Å². The van der Waals surface area contributed by atoms with Crippen molar-refractivity contribution in [1.82, 2.24) is 0 Å². The van der Waals surface area contributed by atoms with Crippen molar-refractivity contribution in [3.05, 3.63) is 70.6 Å². The average molecular weight is 370 g/mol. The maximum absolute atomic E-state index is 13.4. The highest BCUT2D eigenvalue weighted by Crippen LogP contribution is 2.31. The Kier molecular flexibility index (Phi) is 5.78. The quantitative estimate of drug-likeness (QED) is 0.736. The number of Topliss-reactive ketones (excluding diaryl/α,β-unsaturated/α-hetero) is 1. The third-order valence-electron chi connectivity index (χ3n) is 4.04. The molecule has 1 aliphatic heterocycles. The molecule has 1 saturated heterocycles. The van der Waals surface area contributed by atoms with Gasteiger partial charge in [0.15, 0.2) is 17.3 Å². The van der Waals surface area contributed by atoms with Crippen LogP contribution in [-0.4, -0.2) is 31.5 Å². The van der Waals surface area contributed by atoms with Crippen LogP contribution in [0.15, 0.2) is 53.6 Å². The first-order valence-electron chi connectivity index (χ1n) is 8.12. The Morgan fingerprint density at radius 1 is 0.923 bits per heavy atom. The van der Waals surface area contributed by atoms with Crippen molar-refractivity contribution >= 4 is 29.7 Å². The predicted molar refractivity (Wildman–Crippen MR) is 104 cm³/mol. The Hall–Kier alpha value is -2.53. The highest BCUT2D eigenvalue weighted by Gasteiger charge is 2.21. The largest absolute Gasteiger partial charge is 0.493 e. The zero-order valence-electron chi connectivity index (χ0n) is 14.6. The highest BCUT2D eigenvalue weighted by atomic mass is 32.2. The summed E-state index contributed by atoms with van der Waals surface area (Å²) in [6.07, 6.45) is 3.63. The minimum atomic E-state index is -0.309. The van der Waals surface area contributed by atoms with Gasteiger partial charge in [0.2, 0.25) is 0 Å². The van der Waals surface area contributed by atoms with Crippen molar-refractivity contribution in [2.24, 2.45) is 0 Å². The number of hydrogen-bond acceptors (Lipinski definition) is 4. The maximum Gasteiger partial charge on any atom is 0.186 e. The summed E-state index contributed by atoms with van der Waals surface area (Å²) in [5.41, 5.74) is 2.97. The summed E-state index contributed by atoms with van der Waals surface area (Å²) in [6.45, 7) is 0. The lowest BCUT2D eigenvalue weighted by atomic mass is 10.0. The summed E-state index contributed by atoms with van der Waals surface area (Å²) in [5.74, 6) is 2.23. The summed E-state index contributed by atoms with van der Waals surface area (Å²) >= 11 is 1.67. The van der Waals surface area contributed by atoms with Crippen LogP contribution in [0, 0.1) is 5.82 Å². The average Bonchev–Trinajstić information content (AvgIpc) is 2.65. The Morgan fingerprint density at radius 2 is 1.58 bits per heavy atom. The van der Waals surface area contributed by atoms with Crippen molar-refractivity contribution in [3.63, 3.8) is 0 Å². The van der Waals surface area contributed by atoms with Crippen LogP contribution in [0.2, 0.25) is 0 Å². The SMILES string of the molecule is COc1ccc(/C=C2\CSC/C(=C\c3cccc(F)c3)C2=O)cc1OC. The number of hydrogen-bond donors (Lipinski definition) is 0. The van der Waals surface area contributed by atoms with Crippen molar-refractivity contribution < 1.29 is 18.7 Å². The minimum absolute atomic E-state index is 0.00259. The lowest BCUT2D eigenvalue weighted by Gasteiger charge is -2.16. The second kappa shape index (κ2) is 8.23. The summed E-state index contributed by atoms with van der Waals surface area (Å²) in [5, 5.41) is 0. The van der Waals surface area contributed by atoms with E-state index in [4.69, 9.17) is 9.47 Å². The van der Waals surface area contributed by atoms with Gasteiger partial charge in [-0.15, -0.1) is 0 Å². The monoisotopic (exact) mass is 370 g/mol. The Labute approximate surface area is 156 Å². The normalized spacial score (nSPS) is 17.6. The fourth-order valence-corrected chi connectivity index (χ4v) is 3.73. The number of carbonyl (C=O) groups is 1. The van der Waals surface area contributed by atoms with E-state index in [2.05, 4.69) is 0 Å². The van der Waals surface area contributed by atoms with Crippen LogP contribution >= 0.6 is 11.8 Å². The minimum Gasteiger partial charge on any atom is -0.493 e. The molecule has 0 atom stereocenters. The molecule has 26 heavy (non-hydrogen) atoms. The lowest BCUT2D eigenvalue weighted by Crippen LogP contribution is -2.16. The number of ketones is 1. The molecule has 0 N–H and O–H groups in total. The van der Waals surface area contributed by atoms with Crippen LogP contribution in [0.4, 0.5) is 4.39 Å². The van der Waals surface area contributed by atoms with Gasteiger partial charge in [-0.05, 0) is 47.5 Å². The first kappa shape index (κ1) is 18.3. The van der Waals surface area contributed by atoms with Crippen LogP contribution < -0.4 is 9.47 Å². The van der Waals surface area contributed by atoms with Crippen LogP contribution in [0.3, 0.4) is 0 Å². The van der Waals surface area contributed by atoms with Gasteiger partial charge in [0.25, 0.3) is 0 Å². The van der Waals surface area contributed by atoms with Gasteiger partial charge < -0.3 is 9.47 Å². The molecule has 0 unspecified atom stereocenters. The van der Waals surface area contributed by atoms with Gasteiger partial charge in [-0.3, -0.25) is 4.79 Å². The highest BCUT2D eigenvalue weighted by molar-refractivity contribution is 7.99. The van der Waals surface area contributed by atoms with Gasteiger partial charge in [-0.2, -0.15) is 11.8 Å². The molecule has 2 aromatic rings. The molecular weight excluding hydrogens is 351 g/mol. The molecule has 1 aliphatic rings. The maximum atomic E-state index is 13.4. The number of ether oxygens (including phenoxy) is 2. The summed E-state index contributed by atoms with van der Waals surface area (Å²) < 4.78 is 23.9. The van der Waals surface area contributed by atoms with Gasteiger partial charge >= 0.3 is 0 Å². The van der Waals surface area contributed by atoms with Crippen LogP contribution in [-0.2, 0) is 4.79 Å². The zero-order valence-corrected chi connectivity index (χ0v) is 15.4. The second-order valence-electron chi connectivity index (χ2n) is 5.83. The Bertz CT molecular complexity index is 887. The van der Waals surface area contributed by atoms with Crippen molar-refractivity contribution in [2.75, 3.05) is 25.7 Å². The molecule has 2 aromatic carbocycles. The van der Waals surface area contributed by atoms with Gasteiger partial charge in [0.05, 0.1) is 14.2 Å². The van der Waals surface area contributed by atoms with E-state index >= 15 is 0 Å². The number of carbonyl (C=O) groups excluding carboxylic acids is 1.